The average molecular weight is 198 g/mol. The van der Waals surface area contributed by atoms with Crippen molar-refractivity contribution >= 4 is 18.1 Å². The zero-order valence-electron chi connectivity index (χ0n) is 9.12. The van der Waals surface area contributed by atoms with E-state index in [1.807, 2.05) is 0 Å². The van der Waals surface area contributed by atoms with Gasteiger partial charge in [-0.1, -0.05) is 6.42 Å². The molecule has 0 unspecified atom stereocenters. The van der Waals surface area contributed by atoms with Gasteiger partial charge in [0.15, 0.2) is 0 Å². The van der Waals surface area contributed by atoms with Crippen LogP contribution in [0.5, 0.6) is 0 Å². The molecule has 0 saturated carbocycles. The lowest BCUT2D eigenvalue weighted by Gasteiger charge is -2.12. The number of imide groups is 1. The first-order chi connectivity index (χ1) is 7.11. The lowest BCUT2D eigenvalue weighted by Crippen LogP contribution is -2.29. The highest BCUT2D eigenvalue weighted by Gasteiger charge is 2.27. The van der Waals surface area contributed by atoms with E-state index in [0.717, 1.165) is 12.8 Å². The van der Waals surface area contributed by atoms with Gasteiger partial charge in [-0.15, -0.1) is 0 Å². The maximum Gasteiger partial charge on any atom is 0.229 e. The zero-order valence-corrected chi connectivity index (χ0v) is 8.12. The van der Waals surface area contributed by atoms with Crippen molar-refractivity contribution in [3.8, 4) is 0 Å². The SMILES string of the molecule is [2H]C(=O)CCCCCN1C(=O)CCC1=O. The summed E-state index contributed by atoms with van der Waals surface area (Å²) in [7, 11) is 0. The Kier molecular flexibility index (Phi) is 3.69. The summed E-state index contributed by atoms with van der Waals surface area (Å²) in [4.78, 5) is 34.0. The third-order valence-electron chi connectivity index (χ3n) is 2.32. The molecule has 0 aromatic carbocycles. The van der Waals surface area contributed by atoms with E-state index >= 15 is 0 Å². The molecule has 1 aliphatic rings. The summed E-state index contributed by atoms with van der Waals surface area (Å²) in [5, 5.41) is 0. The van der Waals surface area contributed by atoms with Crippen LogP contribution in [0.3, 0.4) is 0 Å². The smallest absolute Gasteiger partial charge is 0.229 e. The van der Waals surface area contributed by atoms with Crippen LogP contribution in [0.25, 0.3) is 0 Å². The van der Waals surface area contributed by atoms with Crippen LogP contribution < -0.4 is 0 Å². The summed E-state index contributed by atoms with van der Waals surface area (Å²) in [6, 6.07) is 0. The van der Waals surface area contributed by atoms with Crippen LogP contribution in [0.2, 0.25) is 0 Å². The molecule has 0 bridgehead atoms. The van der Waals surface area contributed by atoms with Crippen molar-refractivity contribution in [3.63, 3.8) is 0 Å². The lowest BCUT2D eigenvalue weighted by atomic mass is 10.2. The van der Waals surface area contributed by atoms with Crippen molar-refractivity contribution < 1.29 is 15.8 Å². The van der Waals surface area contributed by atoms with Gasteiger partial charge in [-0.2, -0.15) is 0 Å². The Labute approximate surface area is 84.7 Å². The van der Waals surface area contributed by atoms with Crippen LogP contribution >= 0.6 is 0 Å². The highest BCUT2D eigenvalue weighted by atomic mass is 16.2. The monoisotopic (exact) mass is 198 g/mol. The first-order valence-electron chi connectivity index (χ1n) is 5.44. The van der Waals surface area contributed by atoms with Gasteiger partial charge in [0.25, 0.3) is 0 Å². The normalized spacial score (nSPS) is 17.4. The molecule has 1 fully saturated rings. The second-order valence-corrected chi connectivity index (χ2v) is 3.39. The van der Waals surface area contributed by atoms with E-state index in [1.165, 1.54) is 4.90 Å². The number of carbonyl (C=O) groups excluding carboxylic acids is 3. The van der Waals surface area contributed by atoms with Gasteiger partial charge < -0.3 is 4.79 Å². The van der Waals surface area contributed by atoms with Gasteiger partial charge in [-0.05, 0) is 12.8 Å². The minimum atomic E-state index is -0.552. The van der Waals surface area contributed by atoms with Crippen molar-refractivity contribution in [3.05, 3.63) is 0 Å². The zero-order chi connectivity index (χ0) is 11.3. The largest absolute Gasteiger partial charge is 0.303 e. The van der Waals surface area contributed by atoms with Gasteiger partial charge >= 0.3 is 0 Å². The molecule has 0 aromatic rings. The van der Waals surface area contributed by atoms with Gasteiger partial charge in [-0.3, -0.25) is 14.5 Å². The second-order valence-electron chi connectivity index (χ2n) is 3.39. The van der Waals surface area contributed by atoms with Crippen molar-refractivity contribution in [1.29, 1.82) is 0 Å². The predicted octanol–water partition coefficient (Wildman–Crippen LogP) is 0.895. The summed E-state index contributed by atoms with van der Waals surface area (Å²) >= 11 is 0. The van der Waals surface area contributed by atoms with E-state index < -0.39 is 6.26 Å². The average Bonchev–Trinajstić information content (AvgIpc) is 2.47. The third-order valence-corrected chi connectivity index (χ3v) is 2.32. The predicted molar refractivity (Wildman–Crippen MR) is 50.5 cm³/mol. The van der Waals surface area contributed by atoms with Crippen LogP contribution in [0.4, 0.5) is 0 Å². The fraction of sp³-hybridized carbons (Fsp3) is 0.700. The number of likely N-dealkylation sites (tertiary alicyclic amines) is 1. The molecule has 1 rings (SSSR count). The van der Waals surface area contributed by atoms with Crippen LogP contribution in [0, 0.1) is 0 Å². The molecule has 14 heavy (non-hydrogen) atoms. The lowest BCUT2D eigenvalue weighted by molar-refractivity contribution is -0.138. The van der Waals surface area contributed by atoms with Crippen LogP contribution in [-0.2, 0) is 14.4 Å². The topological polar surface area (TPSA) is 54.5 Å². The Bertz CT molecular complexity index is 262. The molecule has 0 radical (unpaired) electrons. The number of hydrogen-bond acceptors (Lipinski definition) is 3. The standard InChI is InChI=1S/C10H15NO3/c12-8-4-2-1-3-7-11-9(13)5-6-10(11)14/h8H,1-7H2/i8D. The molecular weight excluding hydrogens is 182 g/mol. The van der Waals surface area contributed by atoms with Gasteiger partial charge in [-0.25, -0.2) is 0 Å². The number of amides is 2. The van der Waals surface area contributed by atoms with Gasteiger partial charge in [0.1, 0.15) is 7.63 Å². The van der Waals surface area contributed by atoms with Crippen molar-refractivity contribution in [2.75, 3.05) is 6.54 Å². The van der Waals surface area contributed by atoms with E-state index in [0.29, 0.717) is 25.8 Å². The van der Waals surface area contributed by atoms with E-state index in [9.17, 15) is 14.4 Å². The summed E-state index contributed by atoms with van der Waals surface area (Å²) in [5.41, 5.74) is 0. The minimum absolute atomic E-state index is 0.0865. The Morgan fingerprint density at radius 3 is 2.43 bits per heavy atom. The number of carbonyl (C=O) groups is 3. The quantitative estimate of drug-likeness (QED) is 0.362. The van der Waals surface area contributed by atoms with E-state index in [2.05, 4.69) is 0 Å². The van der Waals surface area contributed by atoms with Crippen molar-refractivity contribution in [2.45, 2.75) is 38.5 Å². The Morgan fingerprint density at radius 2 is 1.86 bits per heavy atom. The molecule has 1 aliphatic heterocycles. The van der Waals surface area contributed by atoms with Crippen molar-refractivity contribution in [1.82, 2.24) is 4.90 Å². The number of unbranched alkanes of at least 4 members (excludes halogenated alkanes) is 2. The highest BCUT2D eigenvalue weighted by Crippen LogP contribution is 2.12. The maximum atomic E-state index is 11.2. The van der Waals surface area contributed by atoms with E-state index in [1.54, 1.807) is 0 Å². The summed E-state index contributed by atoms with van der Waals surface area (Å²) in [6.45, 7) is 0.462. The molecular formula is C10H15NO3. The fourth-order valence-corrected chi connectivity index (χ4v) is 1.52. The molecule has 0 aromatic heterocycles. The van der Waals surface area contributed by atoms with Crippen molar-refractivity contribution in [2.24, 2.45) is 0 Å². The number of hydrogen-bond donors (Lipinski definition) is 0. The molecule has 1 saturated heterocycles. The third kappa shape index (κ3) is 2.94. The number of nitrogens with zero attached hydrogens (tertiary/aromatic N) is 1. The van der Waals surface area contributed by atoms with Crippen LogP contribution in [0.15, 0.2) is 0 Å². The molecule has 78 valence electrons. The molecule has 2 amide bonds. The molecule has 0 aliphatic carbocycles. The summed E-state index contributed by atoms with van der Waals surface area (Å²) in [5.74, 6) is -0.173. The number of aldehydes is 1. The van der Waals surface area contributed by atoms with E-state index in [4.69, 9.17) is 1.37 Å². The Balaban J connectivity index is 2.12. The first-order valence-corrected chi connectivity index (χ1v) is 4.94. The molecule has 4 heteroatoms. The summed E-state index contributed by atoms with van der Waals surface area (Å²) in [6.07, 6.45) is 2.56. The molecule has 0 spiro atoms. The second kappa shape index (κ2) is 5.52. The van der Waals surface area contributed by atoms with Crippen LogP contribution in [-0.4, -0.2) is 29.5 Å². The minimum Gasteiger partial charge on any atom is -0.303 e. The first kappa shape index (κ1) is 9.37. The number of rotatable bonds is 6. The van der Waals surface area contributed by atoms with Gasteiger partial charge in [0, 0.05) is 25.8 Å². The highest BCUT2D eigenvalue weighted by molar-refractivity contribution is 6.01. The van der Waals surface area contributed by atoms with E-state index in [-0.39, 0.29) is 18.2 Å². The molecule has 0 atom stereocenters. The van der Waals surface area contributed by atoms with Gasteiger partial charge in [0.2, 0.25) is 11.8 Å². The summed E-state index contributed by atoms with van der Waals surface area (Å²) < 4.78 is 6.69. The molecule has 4 nitrogen and oxygen atoms in total. The Morgan fingerprint density at radius 1 is 1.21 bits per heavy atom. The maximum absolute atomic E-state index is 11.2. The van der Waals surface area contributed by atoms with Gasteiger partial charge in [0.05, 0.1) is 0 Å². The van der Waals surface area contributed by atoms with Crippen LogP contribution in [0.1, 0.15) is 39.9 Å². The molecule has 1 heterocycles. The Hall–Kier alpha value is -1.19. The molecule has 0 N–H and O–H groups in total. The fourth-order valence-electron chi connectivity index (χ4n) is 1.52.